The summed E-state index contributed by atoms with van der Waals surface area (Å²) in [5.41, 5.74) is 2.33. The number of carbonyl (C=O) groups excluding carboxylic acids is 2. The van der Waals surface area contributed by atoms with E-state index in [9.17, 15) is 19.1 Å². The van der Waals surface area contributed by atoms with E-state index in [-0.39, 0.29) is 22.9 Å². The Morgan fingerprint density at radius 3 is 2.79 bits per heavy atom. The maximum absolute atomic E-state index is 13.6. The zero-order valence-electron chi connectivity index (χ0n) is 17.1. The highest BCUT2D eigenvalue weighted by Crippen LogP contribution is 2.39. The number of anilines is 1. The first kappa shape index (κ1) is 21.4. The first-order valence-corrected chi connectivity index (χ1v) is 11.8. The molecule has 4 N–H and O–H groups in total. The molecule has 6 nitrogen and oxygen atoms in total. The van der Waals surface area contributed by atoms with Gasteiger partial charge in [-0.15, -0.1) is 0 Å². The maximum Gasteiger partial charge on any atom is 0.256 e. The number of phenolic OH excluding ortho intramolecular Hbond substituents is 1. The van der Waals surface area contributed by atoms with Crippen LogP contribution < -0.4 is 16.0 Å². The summed E-state index contributed by atoms with van der Waals surface area (Å²) in [6.07, 6.45) is 1.78. The van der Waals surface area contributed by atoms with E-state index < -0.39 is 5.82 Å². The van der Waals surface area contributed by atoms with E-state index in [0.29, 0.717) is 28.9 Å². The van der Waals surface area contributed by atoms with Crippen molar-refractivity contribution in [2.45, 2.75) is 15.2 Å². The normalized spacial score (nSPS) is 16.6. The number of hydrogen-bond donors (Lipinski definition) is 4. The van der Waals surface area contributed by atoms with Gasteiger partial charge in [-0.1, -0.05) is 41.7 Å². The fourth-order valence-corrected chi connectivity index (χ4v) is 5.53. The molecule has 1 unspecified atom stereocenters. The molecule has 0 fully saturated rings. The molecular formula is C24H18FN3O3S2. The third-order valence-corrected chi connectivity index (χ3v) is 7.56. The molecule has 0 saturated heterocycles. The van der Waals surface area contributed by atoms with Gasteiger partial charge in [0.05, 0.1) is 17.8 Å². The molecule has 0 spiro atoms. The highest BCUT2D eigenvalue weighted by atomic mass is 32.2. The summed E-state index contributed by atoms with van der Waals surface area (Å²) in [6.45, 7) is 0.303. The third kappa shape index (κ3) is 4.42. The van der Waals surface area contributed by atoms with Crippen LogP contribution in [0.15, 0.2) is 81.6 Å². The van der Waals surface area contributed by atoms with Crippen LogP contribution in [0.2, 0.25) is 0 Å². The van der Waals surface area contributed by atoms with Crippen LogP contribution in [0.1, 0.15) is 31.7 Å². The van der Waals surface area contributed by atoms with Crippen LogP contribution in [0.3, 0.4) is 0 Å². The second kappa shape index (κ2) is 8.84. The number of thioether (sulfide) groups is 1. The molecule has 0 aromatic heterocycles. The molecule has 166 valence electrons. The van der Waals surface area contributed by atoms with Gasteiger partial charge < -0.3 is 21.1 Å². The molecule has 3 aromatic carbocycles. The summed E-state index contributed by atoms with van der Waals surface area (Å²) in [5, 5.41) is 18.1. The van der Waals surface area contributed by atoms with Crippen molar-refractivity contribution in [3.8, 4) is 5.75 Å². The summed E-state index contributed by atoms with van der Waals surface area (Å²) >= 11 is 2.94. The predicted octanol–water partition coefficient (Wildman–Crippen LogP) is 4.85. The second-order valence-corrected chi connectivity index (χ2v) is 9.75. The molecule has 9 heteroatoms. The van der Waals surface area contributed by atoms with Crippen LogP contribution in [0.5, 0.6) is 5.75 Å². The zero-order valence-corrected chi connectivity index (χ0v) is 18.7. The van der Waals surface area contributed by atoms with E-state index in [1.807, 2.05) is 24.3 Å². The summed E-state index contributed by atoms with van der Waals surface area (Å²) in [6, 6.07) is 16.9. The molecule has 1 atom stereocenters. The minimum Gasteiger partial charge on any atom is -0.505 e. The van der Waals surface area contributed by atoms with Crippen LogP contribution in [0, 0.1) is 5.82 Å². The van der Waals surface area contributed by atoms with Gasteiger partial charge in [-0.25, -0.2) is 4.39 Å². The number of amides is 2. The lowest BCUT2D eigenvalue weighted by atomic mass is 10.1. The molecule has 2 aliphatic heterocycles. The number of carbonyl (C=O) groups is 2. The van der Waals surface area contributed by atoms with Gasteiger partial charge in [-0.05, 0) is 48.0 Å². The van der Waals surface area contributed by atoms with E-state index in [0.717, 1.165) is 14.7 Å². The van der Waals surface area contributed by atoms with Crippen molar-refractivity contribution in [2.75, 3.05) is 11.9 Å². The Balaban J connectivity index is 1.23. The summed E-state index contributed by atoms with van der Waals surface area (Å²) in [7, 11) is 0. The molecule has 2 amide bonds. The van der Waals surface area contributed by atoms with E-state index in [1.165, 1.54) is 35.7 Å². The minimum atomic E-state index is -0.673. The maximum atomic E-state index is 13.6. The third-order valence-electron chi connectivity index (χ3n) is 5.20. The molecule has 2 aliphatic rings. The Hall–Kier alpha value is -3.43. The van der Waals surface area contributed by atoms with E-state index in [1.54, 1.807) is 30.5 Å². The van der Waals surface area contributed by atoms with Crippen LogP contribution in [-0.2, 0) is 0 Å². The molecule has 5 rings (SSSR count). The van der Waals surface area contributed by atoms with Crippen LogP contribution in [0.4, 0.5) is 10.1 Å². The van der Waals surface area contributed by atoms with E-state index in [4.69, 9.17) is 0 Å². The lowest BCUT2D eigenvalue weighted by molar-refractivity contribution is 0.0956. The fourth-order valence-electron chi connectivity index (χ4n) is 3.51. The Bertz CT molecular complexity index is 1310. The van der Waals surface area contributed by atoms with Crippen LogP contribution >= 0.6 is 23.5 Å². The van der Waals surface area contributed by atoms with Gasteiger partial charge in [0.15, 0.2) is 11.6 Å². The Kier molecular flexibility index (Phi) is 5.74. The quantitative estimate of drug-likeness (QED) is 0.428. The van der Waals surface area contributed by atoms with Gasteiger partial charge in [0.1, 0.15) is 5.37 Å². The molecule has 3 aromatic rings. The van der Waals surface area contributed by atoms with Crippen molar-refractivity contribution in [3.63, 3.8) is 0 Å². The van der Waals surface area contributed by atoms with Crippen molar-refractivity contribution < 1.29 is 19.1 Å². The summed E-state index contributed by atoms with van der Waals surface area (Å²) in [5.74, 6) is -1.53. The van der Waals surface area contributed by atoms with Crippen molar-refractivity contribution in [1.82, 2.24) is 10.6 Å². The number of aromatic hydroxyl groups is 1. The fraction of sp³-hybridized carbons (Fsp3) is 0.0833. The Labute approximate surface area is 197 Å². The summed E-state index contributed by atoms with van der Waals surface area (Å²) < 4.78 is 13.6. The van der Waals surface area contributed by atoms with Crippen LogP contribution in [-0.4, -0.2) is 23.5 Å². The lowest BCUT2D eigenvalue weighted by Gasteiger charge is -2.12. The number of halogens is 1. The van der Waals surface area contributed by atoms with Crippen LogP contribution in [0.25, 0.3) is 0 Å². The number of phenols is 1. The predicted molar refractivity (Wildman–Crippen MR) is 127 cm³/mol. The monoisotopic (exact) mass is 479 g/mol. The molecular weight excluding hydrogens is 461 g/mol. The van der Waals surface area contributed by atoms with E-state index >= 15 is 0 Å². The number of hydrogen-bond acceptors (Lipinski definition) is 6. The smallest absolute Gasteiger partial charge is 0.256 e. The standard InChI is InChI=1S/C24H18FN3O3S2/c25-17-9-14(5-7-19(17)29)24-27-12-15(32-24)11-26-22(30)13-6-8-21-18(10-13)28-23(31)16-3-1-2-4-20(16)33-21/h1-10,12,24,27,29H,11H2,(H,26,30)(H,28,31). The number of benzene rings is 3. The van der Waals surface area contributed by atoms with Crippen molar-refractivity contribution >= 4 is 41.0 Å². The van der Waals surface area contributed by atoms with Crippen molar-refractivity contribution in [1.29, 1.82) is 0 Å². The highest BCUT2D eigenvalue weighted by molar-refractivity contribution is 8.03. The number of fused-ring (bicyclic) bond motifs is 2. The van der Waals surface area contributed by atoms with Crippen molar-refractivity contribution in [2.24, 2.45) is 0 Å². The summed E-state index contributed by atoms with van der Waals surface area (Å²) in [4.78, 5) is 27.9. The zero-order chi connectivity index (χ0) is 22.9. The average Bonchev–Trinajstić information content (AvgIpc) is 3.24. The topological polar surface area (TPSA) is 90.5 Å². The minimum absolute atomic E-state index is 0.201. The molecule has 2 heterocycles. The highest BCUT2D eigenvalue weighted by Gasteiger charge is 2.22. The average molecular weight is 480 g/mol. The van der Waals surface area contributed by atoms with Gasteiger partial charge in [-0.2, -0.15) is 0 Å². The SMILES string of the molecule is O=C(NCC1=CNC(c2ccc(O)c(F)c2)S1)c1ccc2c(c1)NC(=O)c1ccccc1S2. The Morgan fingerprint density at radius 2 is 1.94 bits per heavy atom. The van der Waals surface area contributed by atoms with Gasteiger partial charge in [0.2, 0.25) is 0 Å². The van der Waals surface area contributed by atoms with Gasteiger partial charge in [0.25, 0.3) is 11.8 Å². The molecule has 0 saturated carbocycles. The first-order valence-electron chi connectivity index (χ1n) is 10.1. The van der Waals surface area contributed by atoms with Gasteiger partial charge >= 0.3 is 0 Å². The largest absolute Gasteiger partial charge is 0.505 e. The molecule has 0 bridgehead atoms. The molecule has 33 heavy (non-hydrogen) atoms. The molecule has 0 radical (unpaired) electrons. The van der Waals surface area contributed by atoms with Crippen molar-refractivity contribution in [3.05, 3.63) is 94.3 Å². The number of rotatable bonds is 4. The van der Waals surface area contributed by atoms with Gasteiger partial charge in [0, 0.05) is 26.5 Å². The van der Waals surface area contributed by atoms with E-state index in [2.05, 4.69) is 16.0 Å². The first-order chi connectivity index (χ1) is 16.0. The van der Waals surface area contributed by atoms with Gasteiger partial charge in [-0.3, -0.25) is 9.59 Å². The second-order valence-electron chi connectivity index (χ2n) is 7.43. The number of nitrogens with one attached hydrogen (secondary N) is 3. The molecule has 0 aliphatic carbocycles. The lowest BCUT2D eigenvalue weighted by Crippen LogP contribution is -2.25. The Morgan fingerprint density at radius 1 is 1.09 bits per heavy atom.